The Labute approximate surface area is 112 Å². The van der Waals surface area contributed by atoms with Crippen LogP contribution in [0.4, 0.5) is 8.78 Å². The van der Waals surface area contributed by atoms with E-state index in [1.165, 1.54) is 12.1 Å². The Morgan fingerprint density at radius 1 is 1.42 bits per heavy atom. The molecule has 0 spiro atoms. The molecule has 0 amide bonds. The van der Waals surface area contributed by atoms with Crippen LogP contribution < -0.4 is 5.43 Å². The van der Waals surface area contributed by atoms with Gasteiger partial charge in [-0.15, -0.1) is 0 Å². The molecular formula is C13H17BF2N3. The zero-order valence-electron chi connectivity index (χ0n) is 11.3. The summed E-state index contributed by atoms with van der Waals surface area (Å²) in [5.41, 5.74) is 3.49. The topological polar surface area (TPSA) is 27.6 Å². The van der Waals surface area contributed by atoms with E-state index in [2.05, 4.69) is 24.3 Å². The molecule has 3 nitrogen and oxygen atoms in total. The lowest BCUT2D eigenvalue weighted by Crippen LogP contribution is -2.44. The third-order valence-corrected chi connectivity index (χ3v) is 2.84. The van der Waals surface area contributed by atoms with Gasteiger partial charge < -0.3 is 0 Å². The Bertz CT molecular complexity index is 491. The number of aliphatic imine (C=N–C) groups is 1. The first-order valence-corrected chi connectivity index (χ1v) is 6.37. The van der Waals surface area contributed by atoms with Crippen LogP contribution in [0.2, 0.25) is 6.82 Å². The Kier molecular flexibility index (Phi) is 4.19. The summed E-state index contributed by atoms with van der Waals surface area (Å²) in [5, 5.41) is 1.83. The number of hydrogen-bond acceptors (Lipinski definition) is 3. The first-order valence-electron chi connectivity index (χ1n) is 6.37. The van der Waals surface area contributed by atoms with Gasteiger partial charge in [0.15, 0.2) is 7.28 Å². The number of rotatable bonds is 4. The van der Waals surface area contributed by atoms with Crippen molar-refractivity contribution in [3.8, 4) is 0 Å². The first kappa shape index (κ1) is 14.0. The van der Waals surface area contributed by atoms with E-state index in [1.807, 2.05) is 19.1 Å². The lowest BCUT2D eigenvalue weighted by atomic mass is 9.78. The molecule has 1 atom stereocenters. The molecule has 0 aliphatic carbocycles. The molecule has 1 heterocycles. The van der Waals surface area contributed by atoms with Crippen molar-refractivity contribution in [1.29, 1.82) is 0 Å². The minimum Gasteiger partial charge on any atom is -0.290 e. The molecular weight excluding hydrogens is 247 g/mol. The fourth-order valence-corrected chi connectivity index (χ4v) is 1.99. The quantitative estimate of drug-likeness (QED) is 0.844. The Hall–Kier alpha value is -1.43. The molecule has 1 aromatic carbocycles. The minimum absolute atomic E-state index is 0.168. The SMILES string of the molecule is C[B]C1N=C(c2ccc(F)cc2F)N(CC(C)C)N1. The van der Waals surface area contributed by atoms with Gasteiger partial charge in [-0.2, -0.15) is 0 Å². The molecule has 1 N–H and O–H groups in total. The molecule has 101 valence electrons. The van der Waals surface area contributed by atoms with Crippen LogP contribution in [0.3, 0.4) is 0 Å². The van der Waals surface area contributed by atoms with Crippen LogP contribution in [0.25, 0.3) is 0 Å². The summed E-state index contributed by atoms with van der Waals surface area (Å²) in [6, 6.07) is 3.39. The van der Waals surface area contributed by atoms with Crippen molar-refractivity contribution in [3.63, 3.8) is 0 Å². The summed E-state index contributed by atoms with van der Waals surface area (Å²) in [5.74, 6) is -0.251. The maximum atomic E-state index is 13.9. The van der Waals surface area contributed by atoms with E-state index in [1.54, 1.807) is 0 Å². The van der Waals surface area contributed by atoms with Gasteiger partial charge in [0.25, 0.3) is 0 Å². The van der Waals surface area contributed by atoms with Gasteiger partial charge in [-0.25, -0.2) is 14.2 Å². The van der Waals surface area contributed by atoms with Gasteiger partial charge >= 0.3 is 0 Å². The van der Waals surface area contributed by atoms with Crippen LogP contribution in [-0.4, -0.2) is 30.7 Å². The Morgan fingerprint density at radius 2 is 2.16 bits per heavy atom. The van der Waals surface area contributed by atoms with Crippen LogP contribution in [0.15, 0.2) is 23.2 Å². The Morgan fingerprint density at radius 3 is 2.74 bits per heavy atom. The molecule has 0 saturated carbocycles. The van der Waals surface area contributed by atoms with Crippen LogP contribution in [0.1, 0.15) is 19.4 Å². The molecule has 1 aliphatic rings. The predicted octanol–water partition coefficient (Wildman–Crippen LogP) is 2.22. The fraction of sp³-hybridized carbons (Fsp3) is 0.462. The second-order valence-electron chi connectivity index (χ2n) is 4.99. The Balaban J connectivity index is 2.32. The third kappa shape index (κ3) is 3.12. The number of amidine groups is 1. The van der Waals surface area contributed by atoms with Crippen LogP contribution in [0.5, 0.6) is 0 Å². The molecule has 19 heavy (non-hydrogen) atoms. The van der Waals surface area contributed by atoms with Crippen LogP contribution in [0, 0.1) is 17.6 Å². The maximum Gasteiger partial charge on any atom is 0.162 e. The normalized spacial score (nSPS) is 18.9. The number of hydrogen-bond donors (Lipinski definition) is 1. The molecule has 1 aliphatic heterocycles. The van der Waals surface area contributed by atoms with E-state index in [9.17, 15) is 8.78 Å². The first-order chi connectivity index (χ1) is 9.01. The highest BCUT2D eigenvalue weighted by molar-refractivity contribution is 6.36. The largest absolute Gasteiger partial charge is 0.290 e. The number of nitrogens with one attached hydrogen (secondary N) is 1. The summed E-state index contributed by atoms with van der Waals surface area (Å²) >= 11 is 0. The third-order valence-electron chi connectivity index (χ3n) is 2.84. The monoisotopic (exact) mass is 264 g/mol. The molecule has 0 fully saturated rings. The molecule has 6 heteroatoms. The molecule has 1 radical (unpaired) electrons. The number of hydrazine groups is 1. The van der Waals surface area contributed by atoms with Gasteiger partial charge in [0.1, 0.15) is 17.5 Å². The van der Waals surface area contributed by atoms with E-state index < -0.39 is 11.6 Å². The molecule has 0 saturated heterocycles. The summed E-state index contributed by atoms with van der Waals surface area (Å²) in [6.45, 7) is 6.74. The van der Waals surface area contributed by atoms with Crippen molar-refractivity contribution >= 4 is 13.1 Å². The average Bonchev–Trinajstić information content (AvgIpc) is 2.71. The van der Waals surface area contributed by atoms with Gasteiger partial charge in [0.05, 0.1) is 11.6 Å². The number of halogens is 2. The second-order valence-corrected chi connectivity index (χ2v) is 4.99. The number of nitrogens with zero attached hydrogens (tertiary/aromatic N) is 2. The van der Waals surface area contributed by atoms with E-state index in [0.717, 1.165) is 6.07 Å². The van der Waals surface area contributed by atoms with Crippen molar-refractivity contribution in [3.05, 3.63) is 35.4 Å². The molecule has 1 aromatic rings. The number of benzene rings is 1. The highest BCUT2D eigenvalue weighted by Crippen LogP contribution is 2.17. The zero-order chi connectivity index (χ0) is 14.0. The summed E-state index contributed by atoms with van der Waals surface area (Å²) in [6.07, 6.45) is 0. The second kappa shape index (κ2) is 5.69. The van der Waals surface area contributed by atoms with Crippen LogP contribution >= 0.6 is 0 Å². The lowest BCUT2D eigenvalue weighted by Gasteiger charge is -2.23. The summed E-state index contributed by atoms with van der Waals surface area (Å²) in [7, 11) is 1.89. The molecule has 1 unspecified atom stereocenters. The summed E-state index contributed by atoms with van der Waals surface area (Å²) in [4.78, 5) is 4.42. The zero-order valence-corrected chi connectivity index (χ0v) is 11.3. The van der Waals surface area contributed by atoms with Gasteiger partial charge in [-0.1, -0.05) is 20.7 Å². The van der Waals surface area contributed by atoms with Crippen molar-refractivity contribution in [2.24, 2.45) is 10.9 Å². The van der Waals surface area contributed by atoms with E-state index in [0.29, 0.717) is 23.9 Å². The standard InChI is InChI=1S/C13H17BF2N3/c1-8(2)7-19-12(17-13(14-3)18-19)10-5-4-9(15)6-11(10)16/h4-6,8,13,18H,7H2,1-3H3. The van der Waals surface area contributed by atoms with Gasteiger partial charge in [-0.3, -0.25) is 10.0 Å². The van der Waals surface area contributed by atoms with E-state index in [-0.39, 0.29) is 6.07 Å². The van der Waals surface area contributed by atoms with E-state index in [4.69, 9.17) is 0 Å². The lowest BCUT2D eigenvalue weighted by molar-refractivity contribution is 0.292. The average molecular weight is 264 g/mol. The van der Waals surface area contributed by atoms with Crippen molar-refractivity contribution in [1.82, 2.24) is 10.4 Å². The van der Waals surface area contributed by atoms with E-state index >= 15 is 0 Å². The molecule has 0 bridgehead atoms. The van der Waals surface area contributed by atoms with Crippen LogP contribution in [-0.2, 0) is 0 Å². The minimum atomic E-state index is -0.592. The molecule has 0 aromatic heterocycles. The van der Waals surface area contributed by atoms with Gasteiger partial charge in [0.2, 0.25) is 0 Å². The highest BCUT2D eigenvalue weighted by atomic mass is 19.1. The highest BCUT2D eigenvalue weighted by Gasteiger charge is 2.27. The smallest absolute Gasteiger partial charge is 0.162 e. The van der Waals surface area contributed by atoms with Crippen molar-refractivity contribution in [2.45, 2.75) is 26.7 Å². The van der Waals surface area contributed by atoms with Gasteiger partial charge in [-0.05, 0) is 18.1 Å². The maximum absolute atomic E-state index is 13.9. The summed E-state index contributed by atoms with van der Waals surface area (Å²) < 4.78 is 26.8. The fourth-order valence-electron chi connectivity index (χ4n) is 1.99. The molecule has 2 rings (SSSR count). The van der Waals surface area contributed by atoms with Crippen molar-refractivity contribution in [2.75, 3.05) is 6.54 Å². The van der Waals surface area contributed by atoms with Gasteiger partial charge in [0, 0.05) is 12.6 Å². The predicted molar refractivity (Wildman–Crippen MR) is 73.0 cm³/mol. The van der Waals surface area contributed by atoms with Crippen molar-refractivity contribution < 1.29 is 8.78 Å².